The molecular weight excluding hydrogens is 368 g/mol. The first kappa shape index (κ1) is 19.4. The summed E-state index contributed by atoms with van der Waals surface area (Å²) in [7, 11) is -0.901. The predicted octanol–water partition coefficient (Wildman–Crippen LogP) is 3.66. The monoisotopic (exact) mass is 398 g/mol. The highest BCUT2D eigenvalue weighted by Gasteiger charge is 2.30. The van der Waals surface area contributed by atoms with E-state index in [0.717, 1.165) is 54.4 Å². The van der Waals surface area contributed by atoms with Gasteiger partial charge in [-0.1, -0.05) is 0 Å². The number of aryl methyl sites for hydroxylation is 1. The molecule has 0 bridgehead atoms. The SMILES string of the molecule is Cc1cnc(N2CCC(C3CCN(c4ccc(S(C)=O)cc4)CC3)CC2)nc1. The smallest absolute Gasteiger partial charge is 0.225 e. The zero-order valence-electron chi connectivity index (χ0n) is 16.9. The highest BCUT2D eigenvalue weighted by atomic mass is 32.2. The third kappa shape index (κ3) is 4.37. The Morgan fingerprint density at radius 1 is 0.857 bits per heavy atom. The molecule has 0 spiro atoms. The summed E-state index contributed by atoms with van der Waals surface area (Å²) in [6.07, 6.45) is 10.6. The van der Waals surface area contributed by atoms with Crippen LogP contribution >= 0.6 is 0 Å². The average molecular weight is 399 g/mol. The fourth-order valence-corrected chi connectivity index (χ4v) is 5.12. The molecule has 0 radical (unpaired) electrons. The number of benzene rings is 1. The first-order chi connectivity index (χ1) is 13.6. The van der Waals surface area contributed by atoms with Crippen molar-refractivity contribution in [2.75, 3.05) is 42.2 Å². The van der Waals surface area contributed by atoms with Crippen LogP contribution in [-0.4, -0.2) is 46.6 Å². The summed E-state index contributed by atoms with van der Waals surface area (Å²) < 4.78 is 11.6. The Kier molecular flexibility index (Phi) is 5.95. The summed E-state index contributed by atoms with van der Waals surface area (Å²) in [5.41, 5.74) is 2.38. The minimum absolute atomic E-state index is 0.828. The van der Waals surface area contributed by atoms with Crippen molar-refractivity contribution in [3.63, 3.8) is 0 Å². The number of hydrogen-bond acceptors (Lipinski definition) is 5. The largest absolute Gasteiger partial charge is 0.372 e. The number of rotatable bonds is 4. The lowest BCUT2D eigenvalue weighted by Gasteiger charge is -2.40. The summed E-state index contributed by atoms with van der Waals surface area (Å²) in [6, 6.07) is 8.25. The van der Waals surface area contributed by atoms with E-state index in [1.54, 1.807) is 6.26 Å². The van der Waals surface area contributed by atoms with Crippen LogP contribution in [0.15, 0.2) is 41.6 Å². The van der Waals surface area contributed by atoms with Crippen molar-refractivity contribution in [3.05, 3.63) is 42.2 Å². The van der Waals surface area contributed by atoms with Crippen LogP contribution in [0.1, 0.15) is 31.2 Å². The fourth-order valence-electron chi connectivity index (χ4n) is 4.60. The maximum atomic E-state index is 11.6. The molecule has 150 valence electrons. The Morgan fingerprint density at radius 3 is 1.86 bits per heavy atom. The van der Waals surface area contributed by atoms with Crippen LogP contribution in [0.5, 0.6) is 0 Å². The van der Waals surface area contributed by atoms with Crippen LogP contribution < -0.4 is 9.80 Å². The third-order valence-corrected chi connectivity index (χ3v) is 7.27. The lowest BCUT2D eigenvalue weighted by Crippen LogP contribution is -2.41. The number of aromatic nitrogens is 2. The molecule has 1 aromatic carbocycles. The standard InChI is InChI=1S/C22H30N4OS/c1-17-15-23-22(24-16-17)26-13-9-19(10-14-26)18-7-11-25(12-8-18)20-3-5-21(6-4-20)28(2)27/h3-6,15-16,18-19H,7-14H2,1-2H3. The van der Waals surface area contributed by atoms with Gasteiger partial charge in [-0.2, -0.15) is 0 Å². The van der Waals surface area contributed by atoms with Crippen molar-refractivity contribution < 1.29 is 4.21 Å². The molecule has 5 nitrogen and oxygen atoms in total. The molecule has 2 saturated heterocycles. The van der Waals surface area contributed by atoms with Crippen molar-refractivity contribution in [2.45, 2.75) is 37.5 Å². The van der Waals surface area contributed by atoms with Gasteiger partial charge in [0.05, 0.1) is 0 Å². The number of piperidine rings is 2. The van der Waals surface area contributed by atoms with Crippen LogP contribution in [0.3, 0.4) is 0 Å². The zero-order chi connectivity index (χ0) is 19.5. The Bertz CT molecular complexity index is 792. The van der Waals surface area contributed by atoms with E-state index in [-0.39, 0.29) is 0 Å². The van der Waals surface area contributed by atoms with Gasteiger partial charge in [-0.3, -0.25) is 4.21 Å². The Hall–Kier alpha value is -1.95. The normalized spacial score (nSPS) is 20.4. The molecule has 0 aliphatic carbocycles. The van der Waals surface area contributed by atoms with Crippen LogP contribution in [0.25, 0.3) is 0 Å². The summed E-state index contributed by atoms with van der Waals surface area (Å²) in [6.45, 7) is 6.43. The van der Waals surface area contributed by atoms with Gasteiger partial charge in [-0.25, -0.2) is 9.97 Å². The third-order valence-electron chi connectivity index (χ3n) is 6.33. The van der Waals surface area contributed by atoms with Gasteiger partial charge >= 0.3 is 0 Å². The van der Waals surface area contributed by atoms with Gasteiger partial charge in [0, 0.05) is 66.2 Å². The molecule has 2 aromatic rings. The van der Waals surface area contributed by atoms with E-state index in [0.29, 0.717) is 0 Å². The molecule has 2 aliphatic heterocycles. The molecule has 1 unspecified atom stereocenters. The molecule has 2 aliphatic rings. The van der Waals surface area contributed by atoms with Crippen molar-refractivity contribution >= 4 is 22.4 Å². The second-order valence-corrected chi connectivity index (χ2v) is 9.54. The minimum atomic E-state index is -0.901. The van der Waals surface area contributed by atoms with Gasteiger partial charge in [0.1, 0.15) is 0 Å². The first-order valence-electron chi connectivity index (χ1n) is 10.3. The van der Waals surface area contributed by atoms with Crippen molar-refractivity contribution in [1.82, 2.24) is 9.97 Å². The first-order valence-corrected chi connectivity index (χ1v) is 11.9. The molecule has 3 heterocycles. The predicted molar refractivity (Wildman–Crippen MR) is 115 cm³/mol. The number of nitrogens with zero attached hydrogens (tertiary/aromatic N) is 4. The van der Waals surface area contributed by atoms with Crippen molar-refractivity contribution in [1.29, 1.82) is 0 Å². The van der Waals surface area contributed by atoms with Gasteiger partial charge in [-0.15, -0.1) is 0 Å². The summed E-state index contributed by atoms with van der Waals surface area (Å²) >= 11 is 0. The van der Waals surface area contributed by atoms with E-state index in [1.165, 1.54) is 31.4 Å². The molecule has 28 heavy (non-hydrogen) atoms. The Morgan fingerprint density at radius 2 is 1.36 bits per heavy atom. The number of hydrogen-bond donors (Lipinski definition) is 0. The highest BCUT2D eigenvalue weighted by molar-refractivity contribution is 7.84. The molecule has 1 aromatic heterocycles. The maximum absolute atomic E-state index is 11.6. The van der Waals surface area contributed by atoms with Crippen LogP contribution in [0, 0.1) is 18.8 Å². The van der Waals surface area contributed by atoms with Gasteiger partial charge in [0.15, 0.2) is 0 Å². The topological polar surface area (TPSA) is 49.3 Å². The van der Waals surface area contributed by atoms with E-state index in [2.05, 4.69) is 31.9 Å². The lowest BCUT2D eigenvalue weighted by molar-refractivity contribution is 0.232. The molecule has 6 heteroatoms. The lowest BCUT2D eigenvalue weighted by atomic mass is 9.79. The van der Waals surface area contributed by atoms with E-state index < -0.39 is 10.8 Å². The van der Waals surface area contributed by atoms with E-state index in [4.69, 9.17) is 0 Å². The van der Waals surface area contributed by atoms with Gasteiger partial charge in [-0.05, 0) is 74.3 Å². The van der Waals surface area contributed by atoms with Crippen molar-refractivity contribution in [3.8, 4) is 0 Å². The van der Waals surface area contributed by atoms with Crippen LogP contribution in [-0.2, 0) is 10.8 Å². The molecule has 0 N–H and O–H groups in total. The van der Waals surface area contributed by atoms with Gasteiger partial charge in [0.2, 0.25) is 5.95 Å². The summed E-state index contributed by atoms with van der Waals surface area (Å²) in [5, 5.41) is 0. The highest BCUT2D eigenvalue weighted by Crippen LogP contribution is 2.34. The second-order valence-electron chi connectivity index (χ2n) is 8.16. The molecule has 4 rings (SSSR count). The molecule has 0 amide bonds. The van der Waals surface area contributed by atoms with E-state index in [1.807, 2.05) is 31.5 Å². The average Bonchev–Trinajstić information content (AvgIpc) is 2.75. The maximum Gasteiger partial charge on any atom is 0.225 e. The van der Waals surface area contributed by atoms with Gasteiger partial charge in [0.25, 0.3) is 0 Å². The summed E-state index contributed by atoms with van der Waals surface area (Å²) in [4.78, 5) is 14.7. The Balaban J connectivity index is 1.27. The molecule has 1 atom stereocenters. The van der Waals surface area contributed by atoms with Crippen molar-refractivity contribution in [2.24, 2.45) is 11.8 Å². The van der Waals surface area contributed by atoms with E-state index in [9.17, 15) is 4.21 Å². The molecule has 2 fully saturated rings. The molecular formula is C22H30N4OS. The molecule has 0 saturated carbocycles. The summed E-state index contributed by atoms with van der Waals surface area (Å²) in [5.74, 6) is 2.55. The quantitative estimate of drug-likeness (QED) is 0.787. The van der Waals surface area contributed by atoms with E-state index >= 15 is 0 Å². The second kappa shape index (κ2) is 8.60. The van der Waals surface area contributed by atoms with Crippen LogP contribution in [0.2, 0.25) is 0 Å². The zero-order valence-corrected chi connectivity index (χ0v) is 17.7. The van der Waals surface area contributed by atoms with Gasteiger partial charge < -0.3 is 9.80 Å². The number of anilines is 2. The minimum Gasteiger partial charge on any atom is -0.372 e. The van der Waals surface area contributed by atoms with Crippen LogP contribution in [0.4, 0.5) is 11.6 Å². The Labute approximate surface area is 170 Å². The fraction of sp³-hybridized carbons (Fsp3) is 0.545.